The molecule has 160 valence electrons. The third-order valence-corrected chi connectivity index (χ3v) is 6.82. The number of carbonyl (C=O) groups excluding carboxylic acids is 1. The first-order valence-corrected chi connectivity index (χ1v) is 10.8. The number of nitrogens with zero attached hydrogens (tertiary/aromatic N) is 3. The molecule has 0 spiro atoms. The zero-order chi connectivity index (χ0) is 19.1. The Bertz CT molecular complexity index is 1050. The Labute approximate surface area is 190 Å². The maximum Gasteiger partial charge on any atom is 0.183 e. The number of rotatable bonds is 4. The normalized spacial score (nSPS) is 16.0. The molecule has 0 amide bonds. The van der Waals surface area contributed by atoms with E-state index in [0.29, 0.717) is 6.54 Å². The monoisotopic (exact) mass is 466 g/mol. The van der Waals surface area contributed by atoms with Crippen molar-refractivity contribution in [1.82, 2.24) is 9.27 Å². The highest BCUT2D eigenvalue weighted by Gasteiger charge is 2.23. The van der Waals surface area contributed by atoms with E-state index >= 15 is 0 Å². The minimum absolute atomic E-state index is 0. The molecule has 6 nitrogen and oxygen atoms in total. The average molecular weight is 467 g/mol. The van der Waals surface area contributed by atoms with Crippen LogP contribution >= 0.6 is 35.5 Å². The second-order valence-electron chi connectivity index (χ2n) is 7.35. The van der Waals surface area contributed by atoms with Gasteiger partial charge in [-0.3, -0.25) is 9.69 Å². The molecule has 3 aromatic rings. The number of hydrogen-bond acceptors (Lipinski definition) is 6. The number of halogens is 2. The van der Waals surface area contributed by atoms with Crippen LogP contribution in [0.15, 0.2) is 36.4 Å². The highest BCUT2D eigenvalue weighted by atomic mass is 35.5. The van der Waals surface area contributed by atoms with Gasteiger partial charge in [0, 0.05) is 54.4 Å². The lowest BCUT2D eigenvalue weighted by molar-refractivity contribution is 0.101. The summed E-state index contributed by atoms with van der Waals surface area (Å²) in [6, 6.07) is 12.3. The van der Waals surface area contributed by atoms with Crippen molar-refractivity contribution in [3.63, 3.8) is 0 Å². The van der Waals surface area contributed by atoms with Crippen LogP contribution in [0.3, 0.4) is 0 Å². The predicted molar refractivity (Wildman–Crippen MR) is 127 cm³/mol. The lowest BCUT2D eigenvalue weighted by Gasteiger charge is -2.35. The highest BCUT2D eigenvalue weighted by Crippen LogP contribution is 2.31. The summed E-state index contributed by atoms with van der Waals surface area (Å²) in [6.07, 6.45) is 0.860. The van der Waals surface area contributed by atoms with Crippen LogP contribution < -0.4 is 10.2 Å². The summed E-state index contributed by atoms with van der Waals surface area (Å²) >= 11 is 8.01. The van der Waals surface area contributed by atoms with Gasteiger partial charge in [0.05, 0.1) is 11.2 Å². The maximum atomic E-state index is 12.0. The smallest absolute Gasteiger partial charge is 0.183 e. The summed E-state index contributed by atoms with van der Waals surface area (Å²) in [4.78, 5) is 16.8. The first-order chi connectivity index (χ1) is 13.7. The van der Waals surface area contributed by atoms with E-state index in [0.717, 1.165) is 66.8 Å². The van der Waals surface area contributed by atoms with Crippen molar-refractivity contribution in [3.8, 4) is 0 Å². The summed E-state index contributed by atoms with van der Waals surface area (Å²) in [5, 5.41) is 5.10. The summed E-state index contributed by atoms with van der Waals surface area (Å²) in [5.41, 5.74) is 2.70. The van der Waals surface area contributed by atoms with Gasteiger partial charge in [-0.05, 0) is 47.8 Å². The largest absolute Gasteiger partial charge is 0.412 e. The fourth-order valence-corrected chi connectivity index (χ4v) is 5.07. The van der Waals surface area contributed by atoms with E-state index < -0.39 is 0 Å². The zero-order valence-electron chi connectivity index (χ0n) is 16.4. The van der Waals surface area contributed by atoms with E-state index in [9.17, 15) is 4.79 Å². The van der Waals surface area contributed by atoms with E-state index in [1.165, 1.54) is 10.1 Å². The molecule has 2 aliphatic rings. The Morgan fingerprint density at radius 2 is 1.90 bits per heavy atom. The van der Waals surface area contributed by atoms with Crippen molar-refractivity contribution >= 4 is 62.9 Å². The maximum absolute atomic E-state index is 12.0. The Morgan fingerprint density at radius 1 is 1.13 bits per heavy atom. The third kappa shape index (κ3) is 4.26. The van der Waals surface area contributed by atoms with Crippen LogP contribution in [0.1, 0.15) is 15.9 Å². The van der Waals surface area contributed by atoms with Crippen molar-refractivity contribution in [2.75, 3.05) is 49.5 Å². The van der Waals surface area contributed by atoms with Crippen LogP contribution in [-0.4, -0.2) is 59.8 Å². The molecule has 3 N–H and O–H groups in total. The molecule has 30 heavy (non-hydrogen) atoms. The Balaban J connectivity index is 0.00000128. The fraction of sp³-hybridized carbons (Fsp3) is 0.333. The van der Waals surface area contributed by atoms with E-state index in [-0.39, 0.29) is 23.7 Å². The molecule has 0 bridgehead atoms. The molecule has 0 aliphatic carbocycles. The summed E-state index contributed by atoms with van der Waals surface area (Å²) < 4.78 is 5.93. The molecule has 5 rings (SSSR count). The number of Topliss-reactive ketones (excluding diaryl/α,β-unsaturated/α-hetero) is 1. The second-order valence-corrected chi connectivity index (χ2v) is 8.56. The quantitative estimate of drug-likeness (QED) is 0.635. The van der Waals surface area contributed by atoms with Gasteiger partial charge in [-0.25, -0.2) is 0 Å². The molecule has 3 heterocycles. The molecule has 1 aromatic heterocycles. The topological polar surface area (TPSA) is 80.0 Å². The van der Waals surface area contributed by atoms with Gasteiger partial charge in [0.15, 0.2) is 5.78 Å². The van der Waals surface area contributed by atoms with Crippen LogP contribution in [0.5, 0.6) is 0 Å². The van der Waals surface area contributed by atoms with Crippen LogP contribution in [-0.2, 0) is 6.42 Å². The summed E-state index contributed by atoms with van der Waals surface area (Å²) in [6.45, 7) is 5.31. The van der Waals surface area contributed by atoms with E-state index in [1.54, 1.807) is 11.5 Å². The van der Waals surface area contributed by atoms with Crippen molar-refractivity contribution < 1.29 is 10.3 Å². The Hall–Kier alpha value is -1.90. The van der Waals surface area contributed by atoms with Gasteiger partial charge in [0.2, 0.25) is 0 Å². The third-order valence-electron chi connectivity index (χ3n) is 5.65. The number of benzene rings is 2. The number of fused-ring (bicyclic) bond motifs is 2. The molecule has 0 saturated carbocycles. The lowest BCUT2D eigenvalue weighted by atomic mass is 10.0. The lowest BCUT2D eigenvalue weighted by Crippen LogP contribution is -2.47. The van der Waals surface area contributed by atoms with E-state index in [2.05, 4.69) is 43.8 Å². The molecular weight excluding hydrogens is 443 g/mol. The molecule has 1 fully saturated rings. The number of piperazine rings is 1. The number of anilines is 2. The summed E-state index contributed by atoms with van der Waals surface area (Å²) in [5.74, 6) is 1.27. The molecule has 0 radical (unpaired) electrons. The predicted octanol–water partition coefficient (Wildman–Crippen LogP) is 3.52. The molecule has 1 saturated heterocycles. The van der Waals surface area contributed by atoms with Crippen molar-refractivity contribution in [1.29, 1.82) is 0 Å². The summed E-state index contributed by atoms with van der Waals surface area (Å²) in [7, 11) is 0. The van der Waals surface area contributed by atoms with E-state index in [1.807, 2.05) is 12.1 Å². The number of ketones is 1. The van der Waals surface area contributed by atoms with Crippen LogP contribution in [0, 0.1) is 0 Å². The minimum Gasteiger partial charge on any atom is -0.412 e. The Kier molecular flexibility index (Phi) is 7.21. The molecule has 0 unspecified atom stereocenters. The van der Waals surface area contributed by atoms with Crippen LogP contribution in [0.25, 0.3) is 10.1 Å². The first-order valence-electron chi connectivity index (χ1n) is 9.60. The number of carbonyl (C=O) groups is 1. The SMILES string of the molecule is Cl.O.O=C1CNc2cc(Cl)c(CCN3CCN(c4nsc5ccccc45)CC3)cc21. The molecule has 0 atom stereocenters. The van der Waals surface area contributed by atoms with E-state index in [4.69, 9.17) is 11.6 Å². The minimum atomic E-state index is 0. The average Bonchev–Trinajstić information content (AvgIpc) is 3.30. The van der Waals surface area contributed by atoms with Gasteiger partial charge >= 0.3 is 0 Å². The van der Waals surface area contributed by atoms with Gasteiger partial charge in [-0.1, -0.05) is 23.7 Å². The molecular formula is C21H24Cl2N4O2S. The van der Waals surface area contributed by atoms with Crippen molar-refractivity contribution in [2.24, 2.45) is 0 Å². The number of hydrogen-bond donors (Lipinski definition) is 1. The van der Waals surface area contributed by atoms with Gasteiger partial charge in [-0.2, -0.15) is 4.37 Å². The van der Waals surface area contributed by atoms with Gasteiger partial charge in [0.25, 0.3) is 0 Å². The fourth-order valence-electron chi connectivity index (χ4n) is 4.02. The molecule has 2 aromatic carbocycles. The standard InChI is InChI=1S/C21H21ClN4OS.ClH.H2O/c22-17-12-18-16(19(27)13-23-18)11-14(17)5-6-25-7-9-26(10-8-25)21-15-3-1-2-4-20(15)28-24-21;;/h1-4,11-12,23H,5-10,13H2;1H;1H2. The highest BCUT2D eigenvalue weighted by molar-refractivity contribution is 7.13. The van der Waals surface area contributed by atoms with Gasteiger partial charge in [-0.15, -0.1) is 12.4 Å². The van der Waals surface area contributed by atoms with Gasteiger partial charge in [0.1, 0.15) is 5.82 Å². The number of nitrogens with one attached hydrogen (secondary N) is 1. The van der Waals surface area contributed by atoms with Crippen LogP contribution in [0.2, 0.25) is 5.02 Å². The van der Waals surface area contributed by atoms with Gasteiger partial charge < -0.3 is 15.7 Å². The molecule has 2 aliphatic heterocycles. The van der Waals surface area contributed by atoms with Crippen molar-refractivity contribution in [3.05, 3.63) is 52.5 Å². The zero-order valence-corrected chi connectivity index (χ0v) is 18.7. The first kappa shape index (κ1) is 22.8. The van der Waals surface area contributed by atoms with Crippen molar-refractivity contribution in [2.45, 2.75) is 6.42 Å². The Morgan fingerprint density at radius 3 is 2.70 bits per heavy atom. The molecule has 9 heteroatoms. The van der Waals surface area contributed by atoms with Crippen LogP contribution in [0.4, 0.5) is 11.5 Å². The second kappa shape index (κ2) is 9.49. The number of aromatic nitrogens is 1.